The molecule has 2 fully saturated rings. The first kappa shape index (κ1) is 23.4. The zero-order valence-corrected chi connectivity index (χ0v) is 20.7. The predicted molar refractivity (Wildman–Crippen MR) is 131 cm³/mol. The quantitative estimate of drug-likeness (QED) is 0.525. The third kappa shape index (κ3) is 4.04. The number of piperazine rings is 1. The lowest BCUT2D eigenvalue weighted by molar-refractivity contribution is 0.167. The number of rotatable bonds is 6. The first-order valence-corrected chi connectivity index (χ1v) is 13.6. The highest BCUT2D eigenvalue weighted by Crippen LogP contribution is 2.25. The lowest BCUT2D eigenvalue weighted by Gasteiger charge is -2.38. The van der Waals surface area contributed by atoms with E-state index in [9.17, 15) is 13.2 Å². The molecule has 184 valence electrons. The Labute approximate surface area is 200 Å². The van der Waals surface area contributed by atoms with Gasteiger partial charge in [0.1, 0.15) is 0 Å². The van der Waals surface area contributed by atoms with Gasteiger partial charge in [-0.25, -0.2) is 0 Å². The van der Waals surface area contributed by atoms with Crippen molar-refractivity contribution >= 4 is 26.9 Å². The van der Waals surface area contributed by atoms with Crippen molar-refractivity contribution in [3.05, 3.63) is 40.4 Å². The maximum Gasteiger partial charge on any atom is 0.282 e. The Morgan fingerprint density at radius 2 is 1.74 bits per heavy atom. The van der Waals surface area contributed by atoms with E-state index >= 15 is 0 Å². The average molecular weight is 488 g/mol. The van der Waals surface area contributed by atoms with Crippen LogP contribution in [0, 0.1) is 0 Å². The average Bonchev–Trinajstić information content (AvgIpc) is 3.28. The van der Waals surface area contributed by atoms with E-state index in [4.69, 9.17) is 0 Å². The second-order valence-electron chi connectivity index (χ2n) is 9.31. The van der Waals surface area contributed by atoms with Crippen LogP contribution in [-0.4, -0.2) is 80.4 Å². The van der Waals surface area contributed by atoms with Crippen molar-refractivity contribution in [3.63, 3.8) is 0 Å². The highest BCUT2D eigenvalue weighted by Gasteiger charge is 2.34. The van der Waals surface area contributed by atoms with Gasteiger partial charge in [0.25, 0.3) is 15.8 Å². The molecule has 1 saturated heterocycles. The summed E-state index contributed by atoms with van der Waals surface area (Å²) in [5, 5.41) is 9.39. The summed E-state index contributed by atoms with van der Waals surface area (Å²) in [7, 11) is -1.72. The smallest absolute Gasteiger partial charge is 0.282 e. The molecule has 5 rings (SSSR count). The van der Waals surface area contributed by atoms with Gasteiger partial charge in [0.2, 0.25) is 5.78 Å². The molecule has 0 radical (unpaired) electrons. The monoisotopic (exact) mass is 487 g/mol. The van der Waals surface area contributed by atoms with E-state index < -0.39 is 10.2 Å². The number of para-hydroxylation sites is 1. The fourth-order valence-electron chi connectivity index (χ4n) is 5.34. The normalized spacial score (nSPS) is 19.5. The molecule has 0 bridgehead atoms. The molecule has 0 spiro atoms. The van der Waals surface area contributed by atoms with Crippen LogP contribution in [0.3, 0.4) is 0 Å². The fraction of sp³-hybridized carbons (Fsp3) is 0.609. The van der Waals surface area contributed by atoms with Crippen molar-refractivity contribution in [2.75, 3.05) is 33.2 Å². The Morgan fingerprint density at radius 3 is 2.44 bits per heavy atom. The maximum atomic E-state index is 13.2. The fourth-order valence-corrected chi connectivity index (χ4v) is 6.91. The van der Waals surface area contributed by atoms with E-state index in [1.54, 1.807) is 20.2 Å². The van der Waals surface area contributed by atoms with Gasteiger partial charge in [-0.3, -0.25) is 18.7 Å². The van der Waals surface area contributed by atoms with Crippen LogP contribution in [0.15, 0.2) is 29.1 Å². The minimum absolute atomic E-state index is 0.0644. The van der Waals surface area contributed by atoms with Crippen LogP contribution in [0.5, 0.6) is 0 Å². The van der Waals surface area contributed by atoms with E-state index in [0.29, 0.717) is 50.4 Å². The number of fused-ring (bicyclic) bond motifs is 3. The first-order chi connectivity index (χ1) is 16.4. The molecule has 0 N–H and O–H groups in total. The number of hydrogen-bond acceptors (Lipinski definition) is 6. The molecule has 11 heteroatoms. The summed E-state index contributed by atoms with van der Waals surface area (Å²) < 4.78 is 33.2. The highest BCUT2D eigenvalue weighted by molar-refractivity contribution is 7.86. The van der Waals surface area contributed by atoms with E-state index in [0.717, 1.165) is 37.0 Å². The van der Waals surface area contributed by atoms with Gasteiger partial charge in [0, 0.05) is 45.8 Å². The molecule has 10 nitrogen and oxygen atoms in total. The Hall–Kier alpha value is -2.34. The lowest BCUT2D eigenvalue weighted by atomic mass is 9.96. The molecule has 0 atom stereocenters. The molecule has 2 aromatic heterocycles. The van der Waals surface area contributed by atoms with Crippen molar-refractivity contribution in [2.24, 2.45) is 0 Å². The van der Waals surface area contributed by atoms with Gasteiger partial charge >= 0.3 is 0 Å². The molecular formula is C23H33N7O3S. The molecular weight excluding hydrogens is 454 g/mol. The summed E-state index contributed by atoms with van der Waals surface area (Å²) in [6.07, 6.45) is 5.30. The van der Waals surface area contributed by atoms with Gasteiger partial charge in [0.05, 0.1) is 17.4 Å². The molecule has 1 aliphatic heterocycles. The van der Waals surface area contributed by atoms with E-state index in [1.807, 2.05) is 35.6 Å². The van der Waals surface area contributed by atoms with Crippen LogP contribution < -0.4 is 5.56 Å². The molecule has 0 amide bonds. The summed E-state index contributed by atoms with van der Waals surface area (Å²) in [6, 6.07) is 7.64. The van der Waals surface area contributed by atoms with Crippen molar-refractivity contribution in [3.8, 4) is 0 Å². The van der Waals surface area contributed by atoms with E-state index in [2.05, 4.69) is 15.1 Å². The SMILES string of the molecule is CCn1c(=O)c2ccccc2n2c(CN3CCN(S(=O)(=O)N(C)C4CCCCC4)CC3)nnc12. The zero-order valence-electron chi connectivity index (χ0n) is 19.9. The molecule has 3 heterocycles. The van der Waals surface area contributed by atoms with Crippen molar-refractivity contribution in [1.82, 2.24) is 32.7 Å². The minimum atomic E-state index is -3.46. The van der Waals surface area contributed by atoms with Crippen LogP contribution in [0.2, 0.25) is 0 Å². The number of nitrogens with zero attached hydrogens (tertiary/aromatic N) is 7. The Kier molecular flexibility index (Phi) is 6.45. The van der Waals surface area contributed by atoms with Crippen LogP contribution >= 0.6 is 0 Å². The molecule has 1 aromatic carbocycles. The van der Waals surface area contributed by atoms with E-state index in [1.165, 1.54) is 6.42 Å². The predicted octanol–water partition coefficient (Wildman–Crippen LogP) is 1.69. The maximum absolute atomic E-state index is 13.2. The standard InChI is InChI=1S/C23H33N7O3S/c1-3-29-22(31)19-11-7-8-12-20(19)30-21(24-25-23(29)30)17-27-13-15-28(16-14-27)34(32,33)26(2)18-9-5-4-6-10-18/h7-8,11-12,18H,3-6,9-10,13-17H2,1-2H3. The van der Waals surface area contributed by atoms with Gasteiger partial charge in [-0.15, -0.1) is 10.2 Å². The molecule has 0 unspecified atom stereocenters. The Balaban J connectivity index is 1.34. The second kappa shape index (κ2) is 9.37. The van der Waals surface area contributed by atoms with Gasteiger partial charge in [0.15, 0.2) is 5.82 Å². The third-order valence-electron chi connectivity index (χ3n) is 7.37. The van der Waals surface area contributed by atoms with Crippen LogP contribution in [0.4, 0.5) is 0 Å². The molecule has 3 aromatic rings. The van der Waals surface area contributed by atoms with Crippen molar-refractivity contribution < 1.29 is 8.42 Å². The van der Waals surface area contributed by atoms with Gasteiger partial charge < -0.3 is 0 Å². The lowest BCUT2D eigenvalue weighted by Crippen LogP contribution is -2.54. The zero-order chi connectivity index (χ0) is 23.9. The topological polar surface area (TPSA) is 96.0 Å². The summed E-state index contributed by atoms with van der Waals surface area (Å²) >= 11 is 0. The van der Waals surface area contributed by atoms with Gasteiger partial charge in [-0.2, -0.15) is 17.0 Å². The second-order valence-corrected chi connectivity index (χ2v) is 11.3. The van der Waals surface area contributed by atoms with Crippen molar-refractivity contribution in [2.45, 2.75) is 58.2 Å². The number of hydrogen-bond donors (Lipinski definition) is 0. The summed E-state index contributed by atoms with van der Waals surface area (Å²) in [4.78, 5) is 15.1. The largest absolute Gasteiger partial charge is 0.293 e. The van der Waals surface area contributed by atoms with E-state index in [-0.39, 0.29) is 11.6 Å². The highest BCUT2D eigenvalue weighted by atomic mass is 32.2. The number of aromatic nitrogens is 4. The number of benzene rings is 1. The summed E-state index contributed by atoms with van der Waals surface area (Å²) in [5.74, 6) is 1.29. The third-order valence-corrected chi connectivity index (χ3v) is 9.41. The molecule has 34 heavy (non-hydrogen) atoms. The first-order valence-electron chi connectivity index (χ1n) is 12.2. The minimum Gasteiger partial charge on any atom is -0.293 e. The Bertz CT molecular complexity index is 1340. The Morgan fingerprint density at radius 1 is 1.03 bits per heavy atom. The van der Waals surface area contributed by atoms with Gasteiger partial charge in [-0.05, 0) is 31.9 Å². The summed E-state index contributed by atoms with van der Waals surface area (Å²) in [5.41, 5.74) is 0.730. The number of aryl methyl sites for hydroxylation is 1. The molecule has 1 saturated carbocycles. The van der Waals surface area contributed by atoms with Crippen LogP contribution in [0.1, 0.15) is 44.9 Å². The van der Waals surface area contributed by atoms with Crippen LogP contribution in [-0.2, 0) is 23.3 Å². The van der Waals surface area contributed by atoms with Crippen molar-refractivity contribution in [1.29, 1.82) is 0 Å². The van der Waals surface area contributed by atoms with Gasteiger partial charge in [-0.1, -0.05) is 31.4 Å². The van der Waals surface area contributed by atoms with Crippen LogP contribution in [0.25, 0.3) is 16.7 Å². The molecule has 1 aliphatic carbocycles. The summed E-state index contributed by atoms with van der Waals surface area (Å²) in [6.45, 7) is 5.13. The molecule has 2 aliphatic rings.